The second-order valence-corrected chi connectivity index (χ2v) is 27.5. The molecule has 3 aromatic heterocycles. The summed E-state index contributed by atoms with van der Waals surface area (Å²) in [7, 11) is -6.51. The van der Waals surface area contributed by atoms with Crippen LogP contribution in [0.2, 0.25) is 0 Å². The van der Waals surface area contributed by atoms with Crippen molar-refractivity contribution in [3.05, 3.63) is 76.6 Å². The number of benzene rings is 2. The third-order valence-corrected chi connectivity index (χ3v) is 19.7. The maximum absolute atomic E-state index is 14.1. The van der Waals surface area contributed by atoms with Gasteiger partial charge in [0.1, 0.15) is 6.10 Å². The summed E-state index contributed by atoms with van der Waals surface area (Å²) in [6.07, 6.45) is 13.0. The average molecular weight is 1100 g/mol. The Bertz CT molecular complexity index is 3080. The number of sulfone groups is 1. The lowest BCUT2D eigenvalue weighted by Gasteiger charge is -2.28. The molecule has 3 amide bonds. The fourth-order valence-electron chi connectivity index (χ4n) is 9.36. The number of rotatable bonds is 18. The highest BCUT2D eigenvalue weighted by Crippen LogP contribution is 2.43. The Kier molecular flexibility index (Phi) is 17.8. The fraction of sp³-hybridized carbons (Fsp3) is 0.528. The van der Waals surface area contributed by atoms with E-state index >= 15 is 0 Å². The molecule has 404 valence electrons. The molecule has 5 aromatic rings. The van der Waals surface area contributed by atoms with Crippen LogP contribution in [-0.4, -0.2) is 99.0 Å². The van der Waals surface area contributed by atoms with Gasteiger partial charge in [-0.05, 0) is 149 Å². The number of carbonyl (C=O) groups excluding carboxylic acids is 3. The first-order valence-corrected chi connectivity index (χ1v) is 30.9. The number of carbonyl (C=O) groups is 3. The maximum Gasteiger partial charge on any atom is 0.411 e. The SMILES string of the molecule is CC(C)OC(=O)Nc1ccc(-c2cnc(C3CCC(NC(=O)OC(C)Cc4cnnc(Nc5ccc(-c6cnc(C7CCC(NC(=O)OC(C)C)CC7)s6)c(S(=O)(=O)C(C)C)c5)c4)CC3)s2)c(S(C)(=O)=NC2CC2)c1. The summed E-state index contributed by atoms with van der Waals surface area (Å²) in [5, 5.41) is 21.7. The molecule has 18 nitrogen and oxygen atoms in total. The standard InChI is InChI=1S/C53H69N9O9S4/c1-30(2)69-51(63)58-37-13-9-36(10-14-37)50-55-29-45(73-50)43-22-19-40(26-47(43)75(67,68)32(5)6)57-48-24-34(27-56-61-48)23-33(7)71-53(65)59-38-15-11-35(12-16-38)49-54-28-44(72-49)42-21-20-41(60-52(64)70-31(3)4)25-46(42)74(8,66)62-39-17-18-39/h19-22,24-33,35-39H,9-18,23H2,1-8H3,(H,57,61)(H,58,63)(H,59,65)(H,60,64). The van der Waals surface area contributed by atoms with Crippen molar-refractivity contribution < 1.29 is 41.2 Å². The minimum atomic E-state index is -3.73. The van der Waals surface area contributed by atoms with Crippen LogP contribution in [-0.2, 0) is 40.2 Å². The monoisotopic (exact) mass is 1100 g/mol. The van der Waals surface area contributed by atoms with Crippen molar-refractivity contribution >= 4 is 77.7 Å². The number of aromatic nitrogens is 4. The Labute approximate surface area is 448 Å². The van der Waals surface area contributed by atoms with Crippen LogP contribution in [0.25, 0.3) is 20.9 Å². The van der Waals surface area contributed by atoms with Crippen molar-refractivity contribution in [1.82, 2.24) is 30.8 Å². The zero-order chi connectivity index (χ0) is 53.6. The van der Waals surface area contributed by atoms with E-state index < -0.39 is 49.2 Å². The van der Waals surface area contributed by atoms with Gasteiger partial charge in [0.2, 0.25) is 0 Å². The molecular weight excluding hydrogens is 1030 g/mol. The lowest BCUT2D eigenvalue weighted by Crippen LogP contribution is -2.39. The summed E-state index contributed by atoms with van der Waals surface area (Å²) in [5.41, 5.74) is 3.12. The molecule has 3 heterocycles. The fourth-order valence-corrected chi connectivity index (χ4v) is 14.9. The molecule has 3 fully saturated rings. The van der Waals surface area contributed by atoms with Crippen LogP contribution in [0.5, 0.6) is 0 Å². The van der Waals surface area contributed by atoms with Crippen molar-refractivity contribution in [2.75, 3.05) is 16.9 Å². The minimum Gasteiger partial charge on any atom is -0.447 e. The maximum atomic E-state index is 14.1. The van der Waals surface area contributed by atoms with Gasteiger partial charge in [0.15, 0.2) is 15.7 Å². The highest BCUT2D eigenvalue weighted by Gasteiger charge is 2.31. The topological polar surface area (TPSA) is 242 Å². The van der Waals surface area contributed by atoms with Crippen molar-refractivity contribution in [2.45, 2.75) is 182 Å². The van der Waals surface area contributed by atoms with Crippen LogP contribution >= 0.6 is 22.7 Å². The molecule has 2 unspecified atom stereocenters. The molecule has 75 heavy (non-hydrogen) atoms. The molecule has 2 aromatic carbocycles. The number of hydrogen-bond acceptors (Lipinski definition) is 17. The number of ether oxygens (including phenoxy) is 3. The zero-order valence-corrected chi connectivity index (χ0v) is 47.1. The molecule has 2 atom stereocenters. The van der Waals surface area contributed by atoms with Gasteiger partial charge in [0.25, 0.3) is 0 Å². The van der Waals surface area contributed by atoms with E-state index in [1.54, 1.807) is 88.0 Å². The first-order chi connectivity index (χ1) is 35.7. The van der Waals surface area contributed by atoms with Gasteiger partial charge in [-0.1, -0.05) is 12.1 Å². The van der Waals surface area contributed by atoms with E-state index in [-0.39, 0.29) is 47.1 Å². The number of hydrogen-bond donors (Lipinski definition) is 4. The second kappa shape index (κ2) is 24.1. The van der Waals surface area contributed by atoms with Gasteiger partial charge in [0.05, 0.1) is 69.0 Å². The van der Waals surface area contributed by atoms with E-state index in [0.29, 0.717) is 34.1 Å². The Morgan fingerprint density at radius 2 is 1.17 bits per heavy atom. The van der Waals surface area contributed by atoms with Crippen LogP contribution in [0.15, 0.2) is 75.2 Å². The van der Waals surface area contributed by atoms with Crippen molar-refractivity contribution in [1.29, 1.82) is 0 Å². The summed E-state index contributed by atoms with van der Waals surface area (Å²) in [4.78, 5) is 49.7. The number of nitrogens with zero attached hydrogens (tertiary/aromatic N) is 5. The van der Waals surface area contributed by atoms with Gasteiger partial charge in [-0.2, -0.15) is 5.10 Å². The molecule has 0 aliphatic heterocycles. The molecular formula is C53H69N9O9S4. The number of thiazole rings is 2. The van der Waals surface area contributed by atoms with Crippen LogP contribution in [0.3, 0.4) is 0 Å². The van der Waals surface area contributed by atoms with E-state index in [0.717, 1.165) is 95.1 Å². The quantitative estimate of drug-likeness (QED) is 0.0597. The second-order valence-electron chi connectivity index (χ2n) is 20.7. The van der Waals surface area contributed by atoms with Crippen LogP contribution in [0, 0.1) is 0 Å². The molecule has 22 heteroatoms. The number of alkyl carbamates (subject to hydrolysis) is 2. The Morgan fingerprint density at radius 3 is 1.72 bits per heavy atom. The molecule has 0 spiro atoms. The smallest absolute Gasteiger partial charge is 0.411 e. The number of nitrogens with one attached hydrogen (secondary N) is 4. The molecule has 0 radical (unpaired) electrons. The number of anilines is 3. The van der Waals surface area contributed by atoms with Crippen molar-refractivity contribution in [3.8, 4) is 20.9 Å². The first-order valence-electron chi connectivity index (χ1n) is 25.8. The minimum absolute atomic E-state index is 0.0431. The summed E-state index contributed by atoms with van der Waals surface area (Å²) in [5.74, 6) is 0.810. The van der Waals surface area contributed by atoms with Crippen molar-refractivity contribution in [3.63, 3.8) is 0 Å². The molecule has 3 aliphatic carbocycles. The van der Waals surface area contributed by atoms with Gasteiger partial charge >= 0.3 is 18.3 Å². The van der Waals surface area contributed by atoms with Crippen LogP contribution < -0.4 is 21.3 Å². The third-order valence-electron chi connectivity index (χ3n) is 13.3. The van der Waals surface area contributed by atoms with E-state index in [1.807, 2.05) is 39.1 Å². The van der Waals surface area contributed by atoms with Gasteiger partial charge in [0, 0.05) is 71.5 Å². The van der Waals surface area contributed by atoms with E-state index in [9.17, 15) is 27.0 Å². The highest BCUT2D eigenvalue weighted by atomic mass is 32.2. The van der Waals surface area contributed by atoms with Crippen LogP contribution in [0.1, 0.15) is 140 Å². The summed E-state index contributed by atoms with van der Waals surface area (Å²) >= 11 is 3.07. The van der Waals surface area contributed by atoms with Gasteiger partial charge in [-0.15, -0.1) is 27.8 Å². The largest absolute Gasteiger partial charge is 0.447 e. The Balaban J connectivity index is 0.839. The molecule has 8 rings (SSSR count). The van der Waals surface area contributed by atoms with E-state index in [4.69, 9.17) is 24.2 Å². The van der Waals surface area contributed by atoms with Gasteiger partial charge in [-0.3, -0.25) is 5.32 Å². The summed E-state index contributed by atoms with van der Waals surface area (Å²) in [6.45, 7) is 12.3. The highest BCUT2D eigenvalue weighted by molar-refractivity contribution is 7.93. The predicted molar refractivity (Wildman–Crippen MR) is 293 cm³/mol. The van der Waals surface area contributed by atoms with Gasteiger partial charge in [-0.25, -0.2) is 41.3 Å². The third kappa shape index (κ3) is 14.8. The lowest BCUT2D eigenvalue weighted by molar-refractivity contribution is 0.101. The Hall–Kier alpha value is -5.71. The first kappa shape index (κ1) is 55.5. The molecule has 3 aliphatic rings. The predicted octanol–water partition coefficient (Wildman–Crippen LogP) is 11.8. The molecule has 4 N–H and O–H groups in total. The van der Waals surface area contributed by atoms with E-state index in [2.05, 4.69) is 35.8 Å². The van der Waals surface area contributed by atoms with Crippen LogP contribution in [0.4, 0.5) is 31.6 Å². The average Bonchev–Trinajstić information content (AvgIpc) is 3.77. The summed E-state index contributed by atoms with van der Waals surface area (Å²) in [6, 6.07) is 12.5. The van der Waals surface area contributed by atoms with E-state index in [1.165, 1.54) is 11.3 Å². The normalized spacial score (nSPS) is 20.2. The number of amides is 3. The van der Waals surface area contributed by atoms with Gasteiger partial charge < -0.3 is 30.2 Å². The summed E-state index contributed by atoms with van der Waals surface area (Å²) < 4.78 is 62.8. The molecule has 0 bridgehead atoms. The molecule has 0 saturated heterocycles. The van der Waals surface area contributed by atoms with Crippen molar-refractivity contribution in [2.24, 2.45) is 4.36 Å². The zero-order valence-electron chi connectivity index (χ0n) is 43.8. The molecule has 3 saturated carbocycles. The Morgan fingerprint density at radius 1 is 0.653 bits per heavy atom. The lowest BCUT2D eigenvalue weighted by atomic mass is 9.86.